The summed E-state index contributed by atoms with van der Waals surface area (Å²) in [6.45, 7) is 4.42. The first-order chi connectivity index (χ1) is 16.9. The molecule has 3 aromatic rings. The highest BCUT2D eigenvalue weighted by atomic mass is 35.5. The molecule has 1 unspecified atom stereocenters. The summed E-state index contributed by atoms with van der Waals surface area (Å²) in [6.07, 6.45) is 3.39. The first kappa shape index (κ1) is 25.0. The van der Waals surface area contributed by atoms with Gasteiger partial charge in [0.1, 0.15) is 5.82 Å². The largest absolute Gasteiger partial charge is 0.353 e. The lowest BCUT2D eigenvalue weighted by molar-refractivity contribution is 0.0746. The molecule has 2 aromatic carbocycles. The third-order valence-electron chi connectivity index (χ3n) is 6.15. The second-order valence-electron chi connectivity index (χ2n) is 8.71. The fraction of sp³-hybridized carbons (Fsp3) is 0.296. The van der Waals surface area contributed by atoms with Crippen LogP contribution in [0.15, 0.2) is 66.9 Å². The minimum atomic E-state index is -0.125. The van der Waals surface area contributed by atoms with E-state index < -0.39 is 0 Å². The van der Waals surface area contributed by atoms with E-state index in [9.17, 15) is 9.59 Å². The second kappa shape index (κ2) is 11.6. The standard InChI is InChI=1S/C27H28Cl2N4O2/c1-19(7-8-20-5-3-2-4-6-20)31-26(34)21-9-12-25(30-18-21)32-13-15-33(16-14-32)27(35)23-11-10-22(28)17-24(23)29/h2-6,9-12,17-19H,7-8,13-16H2,1H3,(H,31,34). The van der Waals surface area contributed by atoms with Crippen LogP contribution in [-0.4, -0.2) is 53.9 Å². The van der Waals surface area contributed by atoms with Gasteiger partial charge in [-0.25, -0.2) is 4.98 Å². The van der Waals surface area contributed by atoms with Crippen molar-refractivity contribution in [2.45, 2.75) is 25.8 Å². The summed E-state index contributed by atoms with van der Waals surface area (Å²) in [7, 11) is 0. The molecule has 4 rings (SSSR count). The molecule has 1 aliphatic heterocycles. The molecule has 0 bridgehead atoms. The van der Waals surface area contributed by atoms with E-state index in [-0.39, 0.29) is 17.9 Å². The molecule has 0 spiro atoms. The molecule has 1 saturated heterocycles. The van der Waals surface area contributed by atoms with E-state index in [1.54, 1.807) is 35.4 Å². The van der Waals surface area contributed by atoms with Crippen molar-refractivity contribution in [1.29, 1.82) is 0 Å². The third-order valence-corrected chi connectivity index (χ3v) is 6.70. The maximum Gasteiger partial charge on any atom is 0.255 e. The molecule has 0 saturated carbocycles. The highest BCUT2D eigenvalue weighted by molar-refractivity contribution is 6.36. The van der Waals surface area contributed by atoms with E-state index in [1.807, 2.05) is 31.2 Å². The fourth-order valence-electron chi connectivity index (χ4n) is 4.09. The van der Waals surface area contributed by atoms with Crippen LogP contribution in [-0.2, 0) is 6.42 Å². The molecule has 1 N–H and O–H groups in total. The molecule has 1 aliphatic rings. The number of carbonyl (C=O) groups is 2. The van der Waals surface area contributed by atoms with Crippen molar-refractivity contribution in [2.75, 3.05) is 31.1 Å². The van der Waals surface area contributed by atoms with Crippen LogP contribution in [0.5, 0.6) is 0 Å². The number of pyridine rings is 1. The first-order valence-electron chi connectivity index (χ1n) is 11.7. The Labute approximate surface area is 215 Å². The van der Waals surface area contributed by atoms with Crippen LogP contribution in [0.4, 0.5) is 5.82 Å². The average Bonchev–Trinajstić information content (AvgIpc) is 2.88. The van der Waals surface area contributed by atoms with Crippen LogP contribution >= 0.6 is 23.2 Å². The lowest BCUT2D eigenvalue weighted by Crippen LogP contribution is -2.49. The molecule has 1 fully saturated rings. The zero-order chi connectivity index (χ0) is 24.8. The van der Waals surface area contributed by atoms with Gasteiger partial charge in [0, 0.05) is 43.4 Å². The predicted octanol–water partition coefficient (Wildman–Crippen LogP) is 5.10. The van der Waals surface area contributed by atoms with Crippen LogP contribution in [0.1, 0.15) is 39.6 Å². The van der Waals surface area contributed by atoms with Crippen LogP contribution < -0.4 is 10.2 Å². The molecular weight excluding hydrogens is 483 g/mol. The summed E-state index contributed by atoms with van der Waals surface area (Å²) >= 11 is 12.1. The van der Waals surface area contributed by atoms with Crippen LogP contribution in [0.3, 0.4) is 0 Å². The van der Waals surface area contributed by atoms with Gasteiger partial charge in [-0.15, -0.1) is 0 Å². The number of anilines is 1. The minimum Gasteiger partial charge on any atom is -0.353 e. The van der Waals surface area contributed by atoms with E-state index in [1.165, 1.54) is 5.56 Å². The van der Waals surface area contributed by atoms with Crippen molar-refractivity contribution in [3.63, 3.8) is 0 Å². The Morgan fingerprint density at radius 3 is 2.40 bits per heavy atom. The molecular formula is C27H28Cl2N4O2. The van der Waals surface area contributed by atoms with Gasteiger partial charge in [-0.1, -0.05) is 53.5 Å². The number of aromatic nitrogens is 1. The Kier molecular flexibility index (Phi) is 8.26. The number of nitrogens with one attached hydrogen (secondary N) is 1. The number of aryl methyl sites for hydroxylation is 1. The molecule has 8 heteroatoms. The molecule has 2 amide bonds. The van der Waals surface area contributed by atoms with Crippen molar-refractivity contribution in [2.24, 2.45) is 0 Å². The van der Waals surface area contributed by atoms with Gasteiger partial charge in [0.05, 0.1) is 16.1 Å². The summed E-state index contributed by atoms with van der Waals surface area (Å²) < 4.78 is 0. The SMILES string of the molecule is CC(CCc1ccccc1)NC(=O)c1ccc(N2CCN(C(=O)c3ccc(Cl)cc3Cl)CC2)nc1. The highest BCUT2D eigenvalue weighted by Gasteiger charge is 2.24. The fourth-order valence-corrected chi connectivity index (χ4v) is 4.58. The molecule has 35 heavy (non-hydrogen) atoms. The van der Waals surface area contributed by atoms with Crippen molar-refractivity contribution in [1.82, 2.24) is 15.2 Å². The number of amides is 2. The lowest BCUT2D eigenvalue weighted by Gasteiger charge is -2.35. The molecule has 6 nitrogen and oxygen atoms in total. The minimum absolute atomic E-state index is 0.0575. The van der Waals surface area contributed by atoms with Gasteiger partial charge in [0.2, 0.25) is 0 Å². The number of piperazine rings is 1. The molecule has 182 valence electrons. The van der Waals surface area contributed by atoms with Gasteiger partial charge < -0.3 is 15.1 Å². The van der Waals surface area contributed by atoms with Crippen LogP contribution in [0, 0.1) is 0 Å². The summed E-state index contributed by atoms with van der Waals surface area (Å²) in [5.41, 5.74) is 2.25. The topological polar surface area (TPSA) is 65.5 Å². The Morgan fingerprint density at radius 2 is 1.74 bits per heavy atom. The van der Waals surface area contributed by atoms with E-state index >= 15 is 0 Å². The second-order valence-corrected chi connectivity index (χ2v) is 9.55. The van der Waals surface area contributed by atoms with Crippen LogP contribution in [0.25, 0.3) is 0 Å². The number of hydrogen-bond donors (Lipinski definition) is 1. The molecule has 1 aromatic heterocycles. The smallest absolute Gasteiger partial charge is 0.255 e. The van der Waals surface area contributed by atoms with E-state index in [2.05, 4.69) is 27.3 Å². The van der Waals surface area contributed by atoms with Crippen molar-refractivity contribution < 1.29 is 9.59 Å². The zero-order valence-corrected chi connectivity index (χ0v) is 21.1. The summed E-state index contributed by atoms with van der Waals surface area (Å²) in [6, 6.07) is 18.9. The van der Waals surface area contributed by atoms with Crippen molar-refractivity contribution in [3.8, 4) is 0 Å². The number of rotatable bonds is 7. The first-order valence-corrected chi connectivity index (χ1v) is 12.5. The Bertz CT molecular complexity index is 1160. The number of nitrogens with zero attached hydrogens (tertiary/aromatic N) is 3. The number of halogens is 2. The molecule has 0 radical (unpaired) electrons. The summed E-state index contributed by atoms with van der Waals surface area (Å²) in [4.78, 5) is 33.8. The quantitative estimate of drug-likeness (QED) is 0.480. The Hall–Kier alpha value is -3.09. The van der Waals surface area contributed by atoms with E-state index in [4.69, 9.17) is 23.2 Å². The maximum atomic E-state index is 12.8. The van der Waals surface area contributed by atoms with Crippen molar-refractivity contribution in [3.05, 3.63) is 93.6 Å². The normalized spacial score (nSPS) is 14.5. The van der Waals surface area contributed by atoms with Gasteiger partial charge in [-0.2, -0.15) is 0 Å². The number of carbonyl (C=O) groups excluding carboxylic acids is 2. The third kappa shape index (κ3) is 6.53. The van der Waals surface area contributed by atoms with Gasteiger partial charge in [0.15, 0.2) is 0 Å². The Balaban J connectivity index is 1.27. The average molecular weight is 511 g/mol. The summed E-state index contributed by atoms with van der Waals surface area (Å²) in [5.74, 6) is 0.558. The lowest BCUT2D eigenvalue weighted by atomic mass is 10.1. The van der Waals surface area contributed by atoms with Crippen LogP contribution in [0.2, 0.25) is 10.0 Å². The number of benzene rings is 2. The van der Waals surface area contributed by atoms with Gasteiger partial charge in [0.25, 0.3) is 11.8 Å². The van der Waals surface area contributed by atoms with E-state index in [0.717, 1.165) is 18.7 Å². The highest BCUT2D eigenvalue weighted by Crippen LogP contribution is 2.23. The zero-order valence-electron chi connectivity index (χ0n) is 19.6. The number of hydrogen-bond acceptors (Lipinski definition) is 4. The van der Waals surface area contributed by atoms with E-state index in [0.29, 0.717) is 47.4 Å². The van der Waals surface area contributed by atoms with Gasteiger partial charge >= 0.3 is 0 Å². The Morgan fingerprint density at radius 1 is 1.00 bits per heavy atom. The monoisotopic (exact) mass is 510 g/mol. The van der Waals surface area contributed by atoms with Crippen molar-refractivity contribution >= 4 is 40.8 Å². The molecule has 0 aliphatic carbocycles. The summed E-state index contributed by atoms with van der Waals surface area (Å²) in [5, 5.41) is 3.91. The molecule has 2 heterocycles. The predicted molar refractivity (Wildman–Crippen MR) is 141 cm³/mol. The molecule has 1 atom stereocenters. The maximum absolute atomic E-state index is 12.8. The van der Waals surface area contributed by atoms with Gasteiger partial charge in [-0.05, 0) is 55.7 Å². The van der Waals surface area contributed by atoms with Gasteiger partial charge in [-0.3, -0.25) is 9.59 Å².